The minimum absolute atomic E-state index is 0.216. The molecule has 2 rings (SSSR count). The number of carboxylic acid groups (broad SMARTS) is 1. The van der Waals surface area contributed by atoms with Gasteiger partial charge in [0.1, 0.15) is 0 Å². The lowest BCUT2D eigenvalue weighted by molar-refractivity contribution is -0.146. The third kappa shape index (κ3) is 3.67. The first-order valence-corrected chi connectivity index (χ1v) is 7.30. The van der Waals surface area contributed by atoms with Gasteiger partial charge < -0.3 is 15.3 Å². The number of aliphatic carboxylic acids is 1. The maximum atomic E-state index is 12.0. The molecule has 21 heavy (non-hydrogen) atoms. The Morgan fingerprint density at radius 2 is 2.14 bits per heavy atom. The smallest absolute Gasteiger partial charge is 0.317 e. The molecule has 6 heteroatoms. The highest BCUT2D eigenvalue weighted by molar-refractivity contribution is 6.31. The summed E-state index contributed by atoms with van der Waals surface area (Å²) in [7, 11) is 0. The van der Waals surface area contributed by atoms with Gasteiger partial charge in [-0.25, -0.2) is 4.79 Å². The normalized spacial score (nSPS) is 21.3. The van der Waals surface area contributed by atoms with E-state index in [0.717, 1.165) is 5.56 Å². The summed E-state index contributed by atoms with van der Waals surface area (Å²) in [5.74, 6) is -0.853. The average molecular weight is 311 g/mol. The van der Waals surface area contributed by atoms with E-state index in [1.165, 1.54) is 0 Å². The van der Waals surface area contributed by atoms with Crippen LogP contribution in [0.3, 0.4) is 0 Å². The van der Waals surface area contributed by atoms with E-state index >= 15 is 0 Å². The summed E-state index contributed by atoms with van der Waals surface area (Å²) in [5, 5.41) is 12.7. The van der Waals surface area contributed by atoms with Crippen molar-refractivity contribution in [1.82, 2.24) is 10.2 Å². The van der Waals surface area contributed by atoms with Gasteiger partial charge >= 0.3 is 12.0 Å². The molecule has 0 spiro atoms. The number of hydrogen-bond donors (Lipinski definition) is 2. The average Bonchev–Trinajstić information content (AvgIpc) is 2.85. The number of urea groups is 1. The molecule has 2 N–H and O–H groups in total. The van der Waals surface area contributed by atoms with Crippen molar-refractivity contribution >= 4 is 23.6 Å². The molecule has 0 aromatic heterocycles. The van der Waals surface area contributed by atoms with Crippen LogP contribution in [0.5, 0.6) is 0 Å². The molecule has 1 aromatic carbocycles. The van der Waals surface area contributed by atoms with E-state index < -0.39 is 11.4 Å². The number of carboxylic acids is 1. The Labute approximate surface area is 128 Å². The van der Waals surface area contributed by atoms with Gasteiger partial charge in [-0.1, -0.05) is 29.8 Å². The first-order valence-electron chi connectivity index (χ1n) is 6.92. The minimum atomic E-state index is -0.853. The van der Waals surface area contributed by atoms with Crippen molar-refractivity contribution in [2.45, 2.75) is 19.8 Å². The van der Waals surface area contributed by atoms with E-state index in [4.69, 9.17) is 16.7 Å². The zero-order chi connectivity index (χ0) is 15.5. The number of likely N-dealkylation sites (tertiary alicyclic amines) is 1. The van der Waals surface area contributed by atoms with Crippen molar-refractivity contribution in [3.63, 3.8) is 0 Å². The predicted molar refractivity (Wildman–Crippen MR) is 80.5 cm³/mol. The SMILES string of the molecule is CC1(C(=O)O)CCN(C(=O)NCCc2ccccc2Cl)C1. The zero-order valence-electron chi connectivity index (χ0n) is 11.9. The highest BCUT2D eigenvalue weighted by atomic mass is 35.5. The second-order valence-electron chi connectivity index (χ2n) is 5.61. The van der Waals surface area contributed by atoms with Crippen LogP contribution in [0.2, 0.25) is 5.02 Å². The van der Waals surface area contributed by atoms with Gasteiger partial charge in [-0.05, 0) is 31.4 Å². The molecular weight excluding hydrogens is 292 g/mol. The van der Waals surface area contributed by atoms with Gasteiger partial charge in [0.2, 0.25) is 0 Å². The number of benzene rings is 1. The van der Waals surface area contributed by atoms with E-state index in [1.54, 1.807) is 11.8 Å². The molecular formula is C15H19ClN2O3. The highest BCUT2D eigenvalue weighted by Gasteiger charge is 2.42. The molecule has 1 heterocycles. The summed E-state index contributed by atoms with van der Waals surface area (Å²) < 4.78 is 0. The number of hydrogen-bond acceptors (Lipinski definition) is 2. The number of carbonyl (C=O) groups is 2. The van der Waals surface area contributed by atoms with Crippen LogP contribution in [-0.4, -0.2) is 41.6 Å². The number of amides is 2. The quantitative estimate of drug-likeness (QED) is 0.897. The van der Waals surface area contributed by atoms with Crippen molar-refractivity contribution in [3.05, 3.63) is 34.9 Å². The lowest BCUT2D eigenvalue weighted by atomic mass is 9.90. The summed E-state index contributed by atoms with van der Waals surface area (Å²) in [6, 6.07) is 7.29. The zero-order valence-corrected chi connectivity index (χ0v) is 12.7. The molecule has 1 atom stereocenters. The van der Waals surface area contributed by atoms with Crippen LogP contribution in [0, 0.1) is 5.41 Å². The topological polar surface area (TPSA) is 69.6 Å². The Morgan fingerprint density at radius 1 is 1.43 bits per heavy atom. The van der Waals surface area contributed by atoms with Crippen LogP contribution in [0.15, 0.2) is 24.3 Å². The standard InChI is InChI=1S/C15H19ClN2O3/c1-15(13(19)20)7-9-18(10-15)14(21)17-8-6-11-4-2-3-5-12(11)16/h2-5H,6-10H2,1H3,(H,17,21)(H,19,20). The van der Waals surface area contributed by atoms with Crippen LogP contribution < -0.4 is 5.32 Å². The maximum Gasteiger partial charge on any atom is 0.317 e. The number of carbonyl (C=O) groups excluding carboxylic acids is 1. The fraction of sp³-hybridized carbons (Fsp3) is 0.467. The third-order valence-electron chi connectivity index (χ3n) is 3.91. The second kappa shape index (κ2) is 6.35. The monoisotopic (exact) mass is 310 g/mol. The third-order valence-corrected chi connectivity index (χ3v) is 4.27. The lowest BCUT2D eigenvalue weighted by Crippen LogP contribution is -2.41. The van der Waals surface area contributed by atoms with Gasteiger partial charge in [-0.15, -0.1) is 0 Å². The van der Waals surface area contributed by atoms with E-state index in [0.29, 0.717) is 31.0 Å². The Morgan fingerprint density at radius 3 is 2.76 bits per heavy atom. The number of nitrogens with zero attached hydrogens (tertiary/aromatic N) is 1. The summed E-state index contributed by atoms with van der Waals surface area (Å²) in [5.41, 5.74) is 0.149. The summed E-state index contributed by atoms with van der Waals surface area (Å²) in [6.07, 6.45) is 1.13. The van der Waals surface area contributed by atoms with Gasteiger partial charge in [-0.3, -0.25) is 4.79 Å². The molecule has 0 radical (unpaired) electrons. The Hall–Kier alpha value is -1.75. The van der Waals surface area contributed by atoms with Gasteiger partial charge in [0, 0.05) is 24.7 Å². The Bertz CT molecular complexity index is 549. The van der Waals surface area contributed by atoms with E-state index in [-0.39, 0.29) is 12.6 Å². The lowest BCUT2D eigenvalue weighted by Gasteiger charge is -2.20. The molecule has 1 aromatic rings. The summed E-state index contributed by atoms with van der Waals surface area (Å²) in [6.45, 7) is 2.87. The van der Waals surface area contributed by atoms with E-state index in [2.05, 4.69) is 5.32 Å². The van der Waals surface area contributed by atoms with Crippen molar-refractivity contribution in [2.75, 3.05) is 19.6 Å². The van der Waals surface area contributed by atoms with E-state index in [9.17, 15) is 9.59 Å². The maximum absolute atomic E-state index is 12.0. The first kappa shape index (κ1) is 15.6. The van der Waals surface area contributed by atoms with Crippen molar-refractivity contribution in [1.29, 1.82) is 0 Å². The predicted octanol–water partition coefficient (Wildman–Crippen LogP) is 2.39. The van der Waals surface area contributed by atoms with Crippen molar-refractivity contribution in [2.24, 2.45) is 5.41 Å². The van der Waals surface area contributed by atoms with E-state index in [1.807, 2.05) is 24.3 Å². The molecule has 0 saturated carbocycles. The van der Waals surface area contributed by atoms with Gasteiger partial charge in [0.25, 0.3) is 0 Å². The molecule has 1 saturated heterocycles. The van der Waals surface area contributed by atoms with Crippen LogP contribution in [0.4, 0.5) is 4.79 Å². The Balaban J connectivity index is 1.81. The second-order valence-corrected chi connectivity index (χ2v) is 6.02. The van der Waals surface area contributed by atoms with Crippen LogP contribution in [-0.2, 0) is 11.2 Å². The van der Waals surface area contributed by atoms with Crippen molar-refractivity contribution < 1.29 is 14.7 Å². The molecule has 1 fully saturated rings. The van der Waals surface area contributed by atoms with Gasteiger partial charge in [-0.2, -0.15) is 0 Å². The molecule has 114 valence electrons. The largest absolute Gasteiger partial charge is 0.481 e. The molecule has 1 unspecified atom stereocenters. The molecule has 1 aliphatic heterocycles. The van der Waals surface area contributed by atoms with Crippen LogP contribution >= 0.6 is 11.6 Å². The van der Waals surface area contributed by atoms with Gasteiger partial charge in [0.05, 0.1) is 5.41 Å². The Kier molecular flexibility index (Phi) is 4.73. The number of nitrogens with one attached hydrogen (secondary N) is 1. The number of rotatable bonds is 4. The van der Waals surface area contributed by atoms with Crippen LogP contribution in [0.25, 0.3) is 0 Å². The van der Waals surface area contributed by atoms with Crippen LogP contribution in [0.1, 0.15) is 18.9 Å². The number of halogens is 1. The highest BCUT2D eigenvalue weighted by Crippen LogP contribution is 2.29. The summed E-state index contributed by atoms with van der Waals surface area (Å²) in [4.78, 5) is 24.7. The van der Waals surface area contributed by atoms with Gasteiger partial charge in [0.15, 0.2) is 0 Å². The van der Waals surface area contributed by atoms with Crippen molar-refractivity contribution in [3.8, 4) is 0 Å². The molecule has 1 aliphatic rings. The first-order chi connectivity index (χ1) is 9.92. The minimum Gasteiger partial charge on any atom is -0.481 e. The fourth-order valence-electron chi connectivity index (χ4n) is 2.43. The fourth-order valence-corrected chi connectivity index (χ4v) is 2.66. The molecule has 2 amide bonds. The molecule has 0 aliphatic carbocycles. The molecule has 5 nitrogen and oxygen atoms in total. The molecule has 0 bridgehead atoms. The summed E-state index contributed by atoms with van der Waals surface area (Å²) >= 11 is 6.05.